The Morgan fingerprint density at radius 3 is 2.81 bits per heavy atom. The first-order chi connectivity index (χ1) is 13.0. The molecule has 4 rings (SSSR count). The van der Waals surface area contributed by atoms with Gasteiger partial charge in [-0.05, 0) is 30.5 Å². The number of nitrogens with one attached hydrogen (secondary N) is 1. The molecule has 2 aliphatic rings. The number of nitrogens with zero attached hydrogens (tertiary/aromatic N) is 3. The molecule has 1 aromatic heterocycles. The van der Waals surface area contributed by atoms with Gasteiger partial charge in [-0.25, -0.2) is 13.8 Å². The number of halogens is 2. The number of hydrogen-bond donors (Lipinski definition) is 1. The predicted octanol–water partition coefficient (Wildman–Crippen LogP) is 1.80. The van der Waals surface area contributed by atoms with Gasteiger partial charge in [0.1, 0.15) is 11.4 Å². The molecule has 1 N–H and O–H groups in total. The van der Waals surface area contributed by atoms with Crippen LogP contribution in [0, 0.1) is 11.6 Å². The monoisotopic (exact) mass is 376 g/mol. The number of ether oxygens (including phenoxy) is 1. The van der Waals surface area contributed by atoms with Crippen molar-refractivity contribution in [2.45, 2.75) is 37.6 Å². The smallest absolute Gasteiger partial charge is 0.250 e. The summed E-state index contributed by atoms with van der Waals surface area (Å²) < 4.78 is 34.8. The van der Waals surface area contributed by atoms with E-state index in [0.717, 1.165) is 17.5 Å². The molecular formula is C19H22F2N4O2. The van der Waals surface area contributed by atoms with Crippen molar-refractivity contribution in [2.75, 3.05) is 20.1 Å². The number of likely N-dealkylation sites (tertiary alicyclic amines) is 1. The molecule has 1 unspecified atom stereocenters. The third-order valence-corrected chi connectivity index (χ3v) is 5.45. The van der Waals surface area contributed by atoms with Crippen LogP contribution in [0.4, 0.5) is 8.78 Å². The van der Waals surface area contributed by atoms with Crippen molar-refractivity contribution in [1.82, 2.24) is 19.8 Å². The van der Waals surface area contributed by atoms with E-state index in [-0.39, 0.29) is 5.91 Å². The normalized spacial score (nSPS) is 21.8. The zero-order chi connectivity index (χ0) is 19.0. The Morgan fingerprint density at radius 2 is 2.11 bits per heavy atom. The van der Waals surface area contributed by atoms with Crippen LogP contribution in [0.15, 0.2) is 30.6 Å². The Kier molecular flexibility index (Phi) is 4.69. The maximum Gasteiger partial charge on any atom is 0.250 e. The zero-order valence-corrected chi connectivity index (χ0v) is 15.1. The molecule has 1 saturated heterocycles. The van der Waals surface area contributed by atoms with E-state index in [0.29, 0.717) is 39.0 Å². The lowest BCUT2D eigenvalue weighted by Gasteiger charge is -2.45. The average Bonchev–Trinajstić information content (AvgIpc) is 3.15. The second-order valence-corrected chi connectivity index (χ2v) is 7.14. The van der Waals surface area contributed by atoms with Crippen molar-refractivity contribution >= 4 is 5.91 Å². The van der Waals surface area contributed by atoms with E-state index in [1.165, 1.54) is 6.07 Å². The summed E-state index contributed by atoms with van der Waals surface area (Å²) in [7, 11) is 1.60. The van der Waals surface area contributed by atoms with Gasteiger partial charge >= 0.3 is 0 Å². The van der Waals surface area contributed by atoms with Crippen molar-refractivity contribution in [2.24, 2.45) is 0 Å². The summed E-state index contributed by atoms with van der Waals surface area (Å²) in [5.74, 6) is -0.945. The average molecular weight is 376 g/mol. The Bertz CT molecular complexity index is 846. The highest BCUT2D eigenvalue weighted by molar-refractivity contribution is 5.80. The third-order valence-electron chi connectivity index (χ3n) is 5.45. The number of imidazole rings is 1. The van der Waals surface area contributed by atoms with E-state index < -0.39 is 23.3 Å². The van der Waals surface area contributed by atoms with Crippen LogP contribution in [-0.2, 0) is 28.2 Å². The molecule has 2 aromatic rings. The number of hydrogen-bond acceptors (Lipinski definition) is 4. The van der Waals surface area contributed by atoms with Crippen LogP contribution >= 0.6 is 0 Å². The molecule has 0 radical (unpaired) electrons. The van der Waals surface area contributed by atoms with Crippen LogP contribution < -0.4 is 5.32 Å². The number of aromatic nitrogens is 2. The number of likely N-dealkylation sites (N-methyl/N-ethyl adjacent to an activating group) is 1. The molecule has 1 fully saturated rings. The second-order valence-electron chi connectivity index (χ2n) is 7.14. The lowest BCUT2D eigenvalue weighted by molar-refractivity contribution is -0.173. The van der Waals surface area contributed by atoms with Gasteiger partial charge in [0.05, 0.1) is 6.54 Å². The van der Waals surface area contributed by atoms with Crippen LogP contribution in [0.3, 0.4) is 0 Å². The van der Waals surface area contributed by atoms with Gasteiger partial charge in [0.15, 0.2) is 17.7 Å². The fraction of sp³-hybridized carbons (Fsp3) is 0.474. The highest BCUT2D eigenvalue weighted by Crippen LogP contribution is 2.40. The molecule has 8 heteroatoms. The van der Waals surface area contributed by atoms with E-state index in [9.17, 15) is 13.6 Å². The number of carbonyl (C=O) groups is 1. The summed E-state index contributed by atoms with van der Waals surface area (Å²) in [5, 5.41) is 2.66. The number of fused-ring (bicyclic) bond motifs is 2. The molecule has 6 nitrogen and oxygen atoms in total. The van der Waals surface area contributed by atoms with Crippen molar-refractivity contribution < 1.29 is 18.3 Å². The SMILES string of the molecule is CNC(=O)C1Cn2ccnc2C2(CCN(Cc3ccc(F)c(F)c3)CC2)O1. The van der Waals surface area contributed by atoms with Crippen molar-refractivity contribution in [1.29, 1.82) is 0 Å². The molecule has 2 aliphatic heterocycles. The fourth-order valence-corrected chi connectivity index (χ4v) is 4.00. The Balaban J connectivity index is 1.48. The van der Waals surface area contributed by atoms with Gasteiger partial charge in [-0.1, -0.05) is 6.07 Å². The van der Waals surface area contributed by atoms with Crippen LogP contribution in [-0.4, -0.2) is 46.6 Å². The quantitative estimate of drug-likeness (QED) is 0.888. The minimum atomic E-state index is -0.834. The van der Waals surface area contributed by atoms with Crippen LogP contribution in [0.1, 0.15) is 24.2 Å². The van der Waals surface area contributed by atoms with E-state index in [2.05, 4.69) is 15.2 Å². The summed E-state index contributed by atoms with van der Waals surface area (Å²) in [6, 6.07) is 4.00. The number of rotatable bonds is 3. The predicted molar refractivity (Wildman–Crippen MR) is 93.7 cm³/mol. The van der Waals surface area contributed by atoms with E-state index >= 15 is 0 Å². The molecule has 0 bridgehead atoms. The molecule has 1 atom stereocenters. The minimum Gasteiger partial charge on any atom is -0.357 e. The first-order valence-electron chi connectivity index (χ1n) is 9.08. The van der Waals surface area contributed by atoms with Crippen LogP contribution in [0.25, 0.3) is 0 Å². The minimum absolute atomic E-state index is 0.141. The number of piperidine rings is 1. The Labute approximate surface area is 156 Å². The van der Waals surface area contributed by atoms with Crippen molar-refractivity contribution in [3.8, 4) is 0 Å². The highest BCUT2D eigenvalue weighted by Gasteiger charge is 2.46. The molecule has 3 heterocycles. The first-order valence-corrected chi connectivity index (χ1v) is 9.08. The summed E-state index contributed by atoms with van der Waals surface area (Å²) in [4.78, 5) is 18.8. The molecule has 1 spiro atoms. The van der Waals surface area contributed by atoms with Crippen molar-refractivity contribution in [3.63, 3.8) is 0 Å². The largest absolute Gasteiger partial charge is 0.357 e. The fourth-order valence-electron chi connectivity index (χ4n) is 4.00. The van der Waals surface area contributed by atoms with Gasteiger partial charge in [-0.3, -0.25) is 9.69 Å². The van der Waals surface area contributed by atoms with Gasteiger partial charge < -0.3 is 14.6 Å². The van der Waals surface area contributed by atoms with E-state index in [4.69, 9.17) is 4.74 Å². The molecule has 0 aliphatic carbocycles. The first kappa shape index (κ1) is 18.1. The molecule has 27 heavy (non-hydrogen) atoms. The maximum absolute atomic E-state index is 13.4. The zero-order valence-electron chi connectivity index (χ0n) is 15.1. The number of carbonyl (C=O) groups excluding carboxylic acids is 1. The lowest BCUT2D eigenvalue weighted by atomic mass is 9.88. The van der Waals surface area contributed by atoms with Gasteiger partial charge in [0.25, 0.3) is 5.91 Å². The summed E-state index contributed by atoms with van der Waals surface area (Å²) in [6.07, 6.45) is 4.43. The van der Waals surface area contributed by atoms with Crippen LogP contribution in [0.2, 0.25) is 0 Å². The lowest BCUT2D eigenvalue weighted by Crippen LogP contribution is -2.53. The van der Waals surface area contributed by atoms with Gasteiger partial charge in [-0.15, -0.1) is 0 Å². The maximum atomic E-state index is 13.4. The summed E-state index contributed by atoms with van der Waals surface area (Å²) in [5.41, 5.74) is 0.142. The second kappa shape index (κ2) is 7.01. The molecule has 144 valence electrons. The van der Waals surface area contributed by atoms with Gasteiger partial charge in [0.2, 0.25) is 0 Å². The van der Waals surface area contributed by atoms with Gasteiger partial charge in [-0.2, -0.15) is 0 Å². The van der Waals surface area contributed by atoms with E-state index in [1.807, 2.05) is 10.8 Å². The highest BCUT2D eigenvalue weighted by atomic mass is 19.2. The molecule has 1 aromatic carbocycles. The Hall–Kier alpha value is -2.32. The third kappa shape index (κ3) is 3.35. The topological polar surface area (TPSA) is 59.4 Å². The van der Waals surface area contributed by atoms with Gasteiger partial charge in [0, 0.05) is 39.1 Å². The summed E-state index contributed by atoms with van der Waals surface area (Å²) in [6.45, 7) is 2.43. The molecular weight excluding hydrogens is 354 g/mol. The molecule has 1 amide bonds. The molecule has 0 saturated carbocycles. The number of amides is 1. The number of benzene rings is 1. The Morgan fingerprint density at radius 1 is 1.33 bits per heavy atom. The summed E-state index contributed by atoms with van der Waals surface area (Å²) >= 11 is 0. The van der Waals surface area contributed by atoms with E-state index in [1.54, 1.807) is 19.3 Å². The van der Waals surface area contributed by atoms with Crippen LogP contribution in [0.5, 0.6) is 0 Å². The standard InChI is InChI=1S/C19H22F2N4O2/c1-22-17(26)16-12-25-9-6-23-18(25)19(27-16)4-7-24(8-5-19)11-13-2-3-14(20)15(21)10-13/h2-3,6,9-10,16H,4-5,7-8,11-12H2,1H3,(H,22,26). The van der Waals surface area contributed by atoms with Crippen molar-refractivity contribution in [3.05, 3.63) is 53.6 Å².